The molecule has 4 N–H and O–H groups in total. The molecule has 0 unspecified atom stereocenters. The second kappa shape index (κ2) is 6.99. The number of nitrogens with one attached hydrogen (secondary N) is 2. The van der Waals surface area contributed by atoms with Crippen molar-refractivity contribution in [3.05, 3.63) is 29.3 Å². The van der Waals surface area contributed by atoms with Crippen LogP contribution in [0.2, 0.25) is 0 Å². The fourth-order valence-corrected chi connectivity index (χ4v) is 1.48. The molecule has 0 fully saturated rings. The number of esters is 1. The number of carbonyl (C=O) groups excluding carboxylic acids is 3. The summed E-state index contributed by atoms with van der Waals surface area (Å²) in [6, 6.07) is 1.31. The van der Waals surface area contributed by atoms with Gasteiger partial charge in [-0.15, -0.1) is 0 Å². The molecule has 7 nitrogen and oxygen atoms in total. The standard InChI is InChI=1S/C13H14F3N3O4/c1-6(10(20)19-12(22)18-2)23-11(21)8-4-3-7(5-9(8)17)13(14,15)16/h3-6H,17H2,1-2H3,(H2,18,19,20,22)/t6-/m1/s1. The van der Waals surface area contributed by atoms with Crippen LogP contribution in [-0.2, 0) is 15.7 Å². The molecule has 3 amide bonds. The van der Waals surface area contributed by atoms with E-state index in [9.17, 15) is 27.6 Å². The number of hydrogen-bond donors (Lipinski definition) is 3. The first-order valence-corrected chi connectivity index (χ1v) is 6.26. The highest BCUT2D eigenvalue weighted by atomic mass is 19.4. The number of halogens is 3. The molecule has 1 aromatic carbocycles. The number of imide groups is 1. The Hall–Kier alpha value is -2.78. The van der Waals surface area contributed by atoms with Crippen molar-refractivity contribution in [2.45, 2.75) is 19.2 Å². The Kier molecular flexibility index (Phi) is 5.55. The Bertz CT molecular complexity index is 631. The van der Waals surface area contributed by atoms with E-state index in [0.717, 1.165) is 6.07 Å². The van der Waals surface area contributed by atoms with Crippen molar-refractivity contribution >= 4 is 23.6 Å². The van der Waals surface area contributed by atoms with E-state index in [4.69, 9.17) is 10.5 Å². The first-order chi connectivity index (χ1) is 10.6. The minimum absolute atomic E-state index is 0.322. The highest BCUT2D eigenvalue weighted by Crippen LogP contribution is 2.31. The summed E-state index contributed by atoms with van der Waals surface area (Å²) in [5.41, 5.74) is 3.63. The number of ether oxygens (including phenoxy) is 1. The molecule has 0 bridgehead atoms. The van der Waals surface area contributed by atoms with Crippen molar-refractivity contribution in [2.24, 2.45) is 0 Å². The van der Waals surface area contributed by atoms with Crippen molar-refractivity contribution in [3.8, 4) is 0 Å². The molecule has 0 aromatic heterocycles. The van der Waals surface area contributed by atoms with Gasteiger partial charge in [0, 0.05) is 12.7 Å². The number of anilines is 1. The number of amides is 3. The van der Waals surface area contributed by atoms with E-state index < -0.39 is 41.4 Å². The summed E-state index contributed by atoms with van der Waals surface area (Å²) in [5, 5.41) is 4.01. The topological polar surface area (TPSA) is 111 Å². The Balaban J connectivity index is 2.82. The molecule has 0 heterocycles. The van der Waals surface area contributed by atoms with E-state index in [1.165, 1.54) is 14.0 Å². The van der Waals surface area contributed by atoms with E-state index in [-0.39, 0.29) is 5.56 Å². The molecule has 1 atom stereocenters. The summed E-state index contributed by atoms with van der Waals surface area (Å²) in [6.07, 6.45) is -5.95. The Labute approximate surface area is 129 Å². The van der Waals surface area contributed by atoms with Gasteiger partial charge < -0.3 is 15.8 Å². The number of rotatable bonds is 3. The van der Waals surface area contributed by atoms with Gasteiger partial charge in [0.1, 0.15) is 0 Å². The van der Waals surface area contributed by atoms with Gasteiger partial charge in [0.15, 0.2) is 6.10 Å². The lowest BCUT2D eigenvalue weighted by molar-refractivity contribution is -0.137. The smallest absolute Gasteiger partial charge is 0.416 e. The van der Waals surface area contributed by atoms with Gasteiger partial charge in [0.25, 0.3) is 5.91 Å². The summed E-state index contributed by atoms with van der Waals surface area (Å²) in [7, 11) is 1.28. The van der Waals surface area contributed by atoms with E-state index >= 15 is 0 Å². The molecule has 23 heavy (non-hydrogen) atoms. The molecule has 126 valence electrons. The molecular formula is C13H14F3N3O4. The molecule has 0 spiro atoms. The lowest BCUT2D eigenvalue weighted by atomic mass is 10.1. The number of urea groups is 1. The maximum atomic E-state index is 12.5. The molecule has 10 heteroatoms. The number of benzene rings is 1. The Morgan fingerprint density at radius 2 is 1.87 bits per heavy atom. The number of nitrogens with two attached hydrogens (primary N) is 1. The molecule has 0 saturated carbocycles. The zero-order valence-corrected chi connectivity index (χ0v) is 12.2. The van der Waals surface area contributed by atoms with Crippen LogP contribution in [0.5, 0.6) is 0 Å². The van der Waals surface area contributed by atoms with Crippen molar-refractivity contribution in [3.63, 3.8) is 0 Å². The van der Waals surface area contributed by atoms with Gasteiger partial charge in [0.2, 0.25) is 0 Å². The summed E-state index contributed by atoms with van der Waals surface area (Å²) < 4.78 is 42.3. The van der Waals surface area contributed by atoms with Gasteiger partial charge in [-0.25, -0.2) is 9.59 Å². The van der Waals surface area contributed by atoms with Crippen LogP contribution < -0.4 is 16.4 Å². The van der Waals surface area contributed by atoms with Crippen LogP contribution in [0, 0.1) is 0 Å². The highest BCUT2D eigenvalue weighted by molar-refractivity contribution is 6.00. The number of carbonyl (C=O) groups is 3. The van der Waals surface area contributed by atoms with Crippen LogP contribution in [0.1, 0.15) is 22.8 Å². The molecule has 1 aromatic rings. The third-order valence-electron chi connectivity index (χ3n) is 2.72. The molecule has 0 radical (unpaired) electrons. The average Bonchev–Trinajstić information content (AvgIpc) is 2.45. The summed E-state index contributed by atoms with van der Waals surface area (Å²) in [6.45, 7) is 1.19. The highest BCUT2D eigenvalue weighted by Gasteiger charge is 2.31. The van der Waals surface area contributed by atoms with Gasteiger partial charge in [-0.3, -0.25) is 10.1 Å². The first-order valence-electron chi connectivity index (χ1n) is 6.26. The minimum atomic E-state index is -4.60. The monoisotopic (exact) mass is 333 g/mol. The SMILES string of the molecule is CNC(=O)NC(=O)[C@@H](C)OC(=O)c1ccc(C(F)(F)F)cc1N. The van der Waals surface area contributed by atoms with Crippen LogP contribution in [0.25, 0.3) is 0 Å². The number of nitrogen functional groups attached to an aromatic ring is 1. The van der Waals surface area contributed by atoms with Crippen LogP contribution in [0.3, 0.4) is 0 Å². The van der Waals surface area contributed by atoms with Crippen molar-refractivity contribution in [2.75, 3.05) is 12.8 Å². The lowest BCUT2D eigenvalue weighted by Gasteiger charge is -2.14. The molecule has 1 rings (SSSR count). The summed E-state index contributed by atoms with van der Waals surface area (Å²) in [4.78, 5) is 34.3. The first kappa shape index (κ1) is 18.3. The quantitative estimate of drug-likeness (QED) is 0.570. The Morgan fingerprint density at radius 3 is 2.35 bits per heavy atom. The van der Waals surface area contributed by atoms with Gasteiger partial charge in [-0.2, -0.15) is 13.2 Å². The third-order valence-corrected chi connectivity index (χ3v) is 2.72. The van der Waals surface area contributed by atoms with Crippen molar-refractivity contribution in [1.29, 1.82) is 0 Å². The van der Waals surface area contributed by atoms with Crippen LogP contribution in [0.4, 0.5) is 23.7 Å². The van der Waals surface area contributed by atoms with Gasteiger partial charge >= 0.3 is 18.2 Å². The van der Waals surface area contributed by atoms with Gasteiger partial charge in [-0.05, 0) is 25.1 Å². The molecule has 0 aliphatic rings. The fourth-order valence-electron chi connectivity index (χ4n) is 1.48. The predicted octanol–water partition coefficient (Wildman–Crippen LogP) is 1.29. The average molecular weight is 333 g/mol. The third kappa shape index (κ3) is 4.87. The molecule has 0 aliphatic carbocycles. The summed E-state index contributed by atoms with van der Waals surface area (Å²) in [5.74, 6) is -1.99. The maximum absolute atomic E-state index is 12.5. The van der Waals surface area contributed by atoms with E-state index in [1.807, 2.05) is 5.32 Å². The van der Waals surface area contributed by atoms with Crippen molar-refractivity contribution in [1.82, 2.24) is 10.6 Å². The maximum Gasteiger partial charge on any atom is 0.416 e. The molecule has 0 aliphatic heterocycles. The largest absolute Gasteiger partial charge is 0.449 e. The number of hydrogen-bond acceptors (Lipinski definition) is 5. The zero-order chi connectivity index (χ0) is 17.8. The lowest BCUT2D eigenvalue weighted by Crippen LogP contribution is -2.43. The second-order valence-electron chi connectivity index (χ2n) is 4.42. The van der Waals surface area contributed by atoms with Crippen LogP contribution in [-0.4, -0.2) is 31.1 Å². The normalized spacial score (nSPS) is 12.2. The van der Waals surface area contributed by atoms with Crippen LogP contribution >= 0.6 is 0 Å². The predicted molar refractivity (Wildman–Crippen MR) is 73.3 cm³/mol. The van der Waals surface area contributed by atoms with Crippen molar-refractivity contribution < 1.29 is 32.3 Å². The van der Waals surface area contributed by atoms with Crippen LogP contribution in [0.15, 0.2) is 18.2 Å². The van der Waals surface area contributed by atoms with E-state index in [0.29, 0.717) is 12.1 Å². The Morgan fingerprint density at radius 1 is 1.26 bits per heavy atom. The summed E-state index contributed by atoms with van der Waals surface area (Å²) >= 11 is 0. The molecule has 0 saturated heterocycles. The zero-order valence-electron chi connectivity index (χ0n) is 12.2. The van der Waals surface area contributed by atoms with E-state index in [1.54, 1.807) is 0 Å². The fraction of sp³-hybridized carbons (Fsp3) is 0.308. The minimum Gasteiger partial charge on any atom is -0.449 e. The van der Waals surface area contributed by atoms with E-state index in [2.05, 4.69) is 5.32 Å². The number of alkyl halides is 3. The van der Waals surface area contributed by atoms with Gasteiger partial charge in [-0.1, -0.05) is 0 Å². The molecular weight excluding hydrogens is 319 g/mol. The van der Waals surface area contributed by atoms with Gasteiger partial charge in [0.05, 0.1) is 11.1 Å². The second-order valence-corrected chi connectivity index (χ2v) is 4.42.